The smallest absolute Gasteiger partial charge is 0.258 e. The van der Waals surface area contributed by atoms with Crippen LogP contribution in [0.5, 0.6) is 5.75 Å². The molecule has 1 aromatic carbocycles. The Kier molecular flexibility index (Phi) is 5.15. The number of fused-ring (bicyclic) bond motifs is 1. The molecule has 0 radical (unpaired) electrons. The number of amides is 1. The topological polar surface area (TPSA) is 55.6 Å². The molecule has 0 aliphatic carbocycles. The van der Waals surface area contributed by atoms with Gasteiger partial charge in [0.2, 0.25) is 0 Å². The third-order valence-electron chi connectivity index (χ3n) is 3.61. The second kappa shape index (κ2) is 7.49. The average molecular weight is 388 g/mol. The number of pyridine rings is 1. The van der Waals surface area contributed by atoms with Crippen LogP contribution in [0.4, 0.5) is 0 Å². The summed E-state index contributed by atoms with van der Waals surface area (Å²) in [6, 6.07) is 11.6. The summed E-state index contributed by atoms with van der Waals surface area (Å²) in [6.45, 7) is 2.45. The van der Waals surface area contributed by atoms with Crippen LogP contribution in [0.2, 0.25) is 0 Å². The number of ether oxygens (including phenoxy) is 1. The van der Waals surface area contributed by atoms with Crippen LogP contribution in [-0.2, 0) is 17.8 Å². The van der Waals surface area contributed by atoms with Crippen molar-refractivity contribution in [3.8, 4) is 5.75 Å². The zero-order chi connectivity index (χ0) is 16.9. The van der Waals surface area contributed by atoms with E-state index in [-0.39, 0.29) is 12.5 Å². The standard InChI is InChI=1S/C18H18BrN3O2/c1-2-13-4-3-5-16(8-13)24-12-18(23)20-9-15-11-22-10-14(19)6-7-17(22)21-15/h3-8,10-11H,2,9,12H2,1H3,(H,20,23). The minimum Gasteiger partial charge on any atom is -0.484 e. The number of hydrogen-bond acceptors (Lipinski definition) is 3. The molecule has 2 heterocycles. The van der Waals surface area contributed by atoms with Gasteiger partial charge in [0.25, 0.3) is 5.91 Å². The van der Waals surface area contributed by atoms with Crippen LogP contribution in [0.1, 0.15) is 18.2 Å². The molecule has 0 unspecified atom stereocenters. The fourth-order valence-electron chi connectivity index (χ4n) is 2.35. The number of aromatic nitrogens is 2. The molecule has 5 nitrogen and oxygen atoms in total. The zero-order valence-electron chi connectivity index (χ0n) is 13.3. The minimum absolute atomic E-state index is 0.00785. The van der Waals surface area contributed by atoms with Crippen LogP contribution >= 0.6 is 15.9 Å². The van der Waals surface area contributed by atoms with E-state index in [2.05, 4.69) is 33.2 Å². The highest BCUT2D eigenvalue weighted by molar-refractivity contribution is 9.10. The molecule has 0 aliphatic heterocycles. The molecule has 1 N–H and O–H groups in total. The Labute approximate surface area is 148 Å². The first-order valence-corrected chi connectivity index (χ1v) is 8.55. The van der Waals surface area contributed by atoms with Crippen LogP contribution in [0.25, 0.3) is 5.65 Å². The molecule has 0 bridgehead atoms. The number of carbonyl (C=O) groups excluding carboxylic acids is 1. The van der Waals surface area contributed by atoms with Gasteiger partial charge in [-0.2, -0.15) is 0 Å². The summed E-state index contributed by atoms with van der Waals surface area (Å²) in [4.78, 5) is 16.4. The lowest BCUT2D eigenvalue weighted by molar-refractivity contribution is -0.123. The lowest BCUT2D eigenvalue weighted by Crippen LogP contribution is -2.28. The molecule has 124 valence electrons. The van der Waals surface area contributed by atoms with Crippen LogP contribution in [0, 0.1) is 0 Å². The first-order chi connectivity index (χ1) is 11.6. The van der Waals surface area contributed by atoms with Crippen molar-refractivity contribution in [2.75, 3.05) is 6.61 Å². The van der Waals surface area contributed by atoms with E-state index in [1.54, 1.807) is 0 Å². The quantitative estimate of drug-likeness (QED) is 0.705. The largest absolute Gasteiger partial charge is 0.484 e. The van der Waals surface area contributed by atoms with Gasteiger partial charge in [0.15, 0.2) is 6.61 Å². The molecule has 0 fully saturated rings. The number of benzene rings is 1. The lowest BCUT2D eigenvalue weighted by atomic mass is 10.2. The van der Waals surface area contributed by atoms with Gasteiger partial charge in [0.1, 0.15) is 11.4 Å². The average Bonchev–Trinajstić information content (AvgIpc) is 3.00. The molecule has 3 aromatic rings. The van der Waals surface area contributed by atoms with E-state index in [1.165, 1.54) is 5.56 Å². The summed E-state index contributed by atoms with van der Waals surface area (Å²) in [6.07, 6.45) is 4.76. The van der Waals surface area contributed by atoms with E-state index in [0.29, 0.717) is 12.3 Å². The molecular weight excluding hydrogens is 370 g/mol. The highest BCUT2D eigenvalue weighted by Gasteiger charge is 2.06. The lowest BCUT2D eigenvalue weighted by Gasteiger charge is -2.07. The van der Waals surface area contributed by atoms with Gasteiger partial charge < -0.3 is 14.5 Å². The van der Waals surface area contributed by atoms with Crippen molar-refractivity contribution in [3.05, 3.63) is 64.5 Å². The highest BCUT2D eigenvalue weighted by atomic mass is 79.9. The molecule has 0 spiro atoms. The molecule has 6 heteroatoms. The Hall–Kier alpha value is -2.34. The van der Waals surface area contributed by atoms with Crippen molar-refractivity contribution in [2.45, 2.75) is 19.9 Å². The van der Waals surface area contributed by atoms with Crippen molar-refractivity contribution in [3.63, 3.8) is 0 Å². The van der Waals surface area contributed by atoms with E-state index in [4.69, 9.17) is 4.74 Å². The van der Waals surface area contributed by atoms with Gasteiger partial charge in [0, 0.05) is 16.9 Å². The van der Waals surface area contributed by atoms with Crippen LogP contribution in [0.3, 0.4) is 0 Å². The number of nitrogens with one attached hydrogen (secondary N) is 1. The van der Waals surface area contributed by atoms with Crippen molar-refractivity contribution >= 4 is 27.5 Å². The second-order valence-electron chi connectivity index (χ2n) is 5.41. The number of carbonyl (C=O) groups is 1. The molecule has 0 aliphatic rings. The predicted molar refractivity (Wildman–Crippen MR) is 96.1 cm³/mol. The second-order valence-corrected chi connectivity index (χ2v) is 6.33. The van der Waals surface area contributed by atoms with Crippen molar-refractivity contribution in [1.29, 1.82) is 0 Å². The van der Waals surface area contributed by atoms with Crippen LogP contribution < -0.4 is 10.1 Å². The van der Waals surface area contributed by atoms with E-state index < -0.39 is 0 Å². The Morgan fingerprint density at radius 2 is 2.17 bits per heavy atom. The van der Waals surface area contributed by atoms with E-state index in [9.17, 15) is 4.79 Å². The Bertz CT molecular complexity index is 860. The molecule has 0 saturated carbocycles. The summed E-state index contributed by atoms with van der Waals surface area (Å²) in [5, 5.41) is 2.82. The summed E-state index contributed by atoms with van der Waals surface area (Å²) < 4.78 is 8.42. The minimum atomic E-state index is -0.171. The number of halogens is 1. The summed E-state index contributed by atoms with van der Waals surface area (Å²) in [5.41, 5.74) is 2.83. The number of imidazole rings is 1. The zero-order valence-corrected chi connectivity index (χ0v) is 14.9. The maximum Gasteiger partial charge on any atom is 0.258 e. The Morgan fingerprint density at radius 3 is 3.00 bits per heavy atom. The normalized spacial score (nSPS) is 10.8. The van der Waals surface area contributed by atoms with Crippen molar-refractivity contribution < 1.29 is 9.53 Å². The van der Waals surface area contributed by atoms with Gasteiger partial charge in [-0.1, -0.05) is 19.1 Å². The number of aryl methyl sites for hydroxylation is 1. The van der Waals surface area contributed by atoms with Crippen LogP contribution in [-0.4, -0.2) is 21.9 Å². The van der Waals surface area contributed by atoms with Gasteiger partial charge >= 0.3 is 0 Å². The number of rotatable bonds is 6. The fourth-order valence-corrected chi connectivity index (χ4v) is 2.70. The summed E-state index contributed by atoms with van der Waals surface area (Å²) in [5.74, 6) is 0.539. The van der Waals surface area contributed by atoms with Crippen molar-refractivity contribution in [1.82, 2.24) is 14.7 Å². The van der Waals surface area contributed by atoms with Crippen molar-refractivity contribution in [2.24, 2.45) is 0 Å². The van der Waals surface area contributed by atoms with Gasteiger partial charge in [-0.3, -0.25) is 4.79 Å². The summed E-state index contributed by atoms with van der Waals surface area (Å²) in [7, 11) is 0. The third-order valence-corrected chi connectivity index (χ3v) is 4.08. The first kappa shape index (κ1) is 16.5. The summed E-state index contributed by atoms with van der Waals surface area (Å²) >= 11 is 3.42. The molecule has 0 atom stereocenters. The third kappa shape index (κ3) is 4.14. The van der Waals surface area contributed by atoms with E-state index in [0.717, 1.165) is 22.2 Å². The Balaban J connectivity index is 1.52. The maximum atomic E-state index is 11.9. The van der Waals surface area contributed by atoms with Gasteiger partial charge in [0.05, 0.1) is 12.2 Å². The molecular formula is C18H18BrN3O2. The Morgan fingerprint density at radius 1 is 1.29 bits per heavy atom. The highest BCUT2D eigenvalue weighted by Crippen LogP contribution is 2.14. The number of hydrogen-bond donors (Lipinski definition) is 1. The molecule has 24 heavy (non-hydrogen) atoms. The fraction of sp³-hybridized carbons (Fsp3) is 0.222. The predicted octanol–water partition coefficient (Wildman–Crippen LogP) is 3.35. The molecule has 3 rings (SSSR count). The number of nitrogens with zero attached hydrogens (tertiary/aromatic N) is 2. The monoisotopic (exact) mass is 387 g/mol. The maximum absolute atomic E-state index is 11.9. The van der Waals surface area contributed by atoms with E-state index in [1.807, 2.05) is 53.2 Å². The molecule has 0 saturated heterocycles. The first-order valence-electron chi connectivity index (χ1n) is 7.75. The van der Waals surface area contributed by atoms with Gasteiger partial charge in [-0.05, 0) is 52.2 Å². The SMILES string of the molecule is CCc1cccc(OCC(=O)NCc2cn3cc(Br)ccc3n2)c1. The van der Waals surface area contributed by atoms with Gasteiger partial charge in [-0.25, -0.2) is 4.98 Å². The molecule has 2 aromatic heterocycles. The van der Waals surface area contributed by atoms with Gasteiger partial charge in [-0.15, -0.1) is 0 Å². The van der Waals surface area contributed by atoms with E-state index >= 15 is 0 Å². The molecule has 1 amide bonds. The van der Waals surface area contributed by atoms with Crippen LogP contribution in [0.15, 0.2) is 53.3 Å².